The smallest absolute Gasteiger partial charge is 0.0125 e. The van der Waals surface area contributed by atoms with E-state index in [2.05, 4.69) is 10.2 Å². The summed E-state index contributed by atoms with van der Waals surface area (Å²) in [6, 6.07) is 2.66. The van der Waals surface area contributed by atoms with Crippen molar-refractivity contribution in [2.75, 3.05) is 13.1 Å². The molecule has 17 heavy (non-hydrogen) atoms. The molecule has 1 spiro atoms. The minimum atomic E-state index is 0.780. The second-order valence-electron chi connectivity index (χ2n) is 7.23. The Kier molecular flexibility index (Phi) is 2.52. The zero-order valence-electron chi connectivity index (χ0n) is 11.0. The van der Waals surface area contributed by atoms with Gasteiger partial charge in [-0.3, -0.25) is 4.90 Å². The standard InChI is InChI=1S/C15H26N2/c1-2-6-15(7-3-1)10-17(11-15)14-8-12-4-5-13(9-14)16-12/h12-14,16H,1-11H2. The van der Waals surface area contributed by atoms with Gasteiger partial charge in [-0.1, -0.05) is 19.3 Å². The van der Waals surface area contributed by atoms with Crippen molar-refractivity contribution in [3.05, 3.63) is 0 Å². The van der Waals surface area contributed by atoms with Gasteiger partial charge in [-0.25, -0.2) is 0 Å². The van der Waals surface area contributed by atoms with Crippen LogP contribution < -0.4 is 5.32 Å². The fourth-order valence-electron chi connectivity index (χ4n) is 5.02. The predicted molar refractivity (Wildman–Crippen MR) is 70.1 cm³/mol. The van der Waals surface area contributed by atoms with Gasteiger partial charge in [-0.2, -0.15) is 0 Å². The van der Waals surface area contributed by atoms with E-state index in [1.807, 2.05) is 0 Å². The maximum Gasteiger partial charge on any atom is 0.0125 e. The summed E-state index contributed by atoms with van der Waals surface area (Å²) < 4.78 is 0. The minimum absolute atomic E-state index is 0.780. The van der Waals surface area contributed by atoms with Crippen molar-refractivity contribution in [1.82, 2.24) is 10.2 Å². The summed E-state index contributed by atoms with van der Waals surface area (Å²) in [6.07, 6.45) is 13.3. The molecule has 3 saturated heterocycles. The van der Waals surface area contributed by atoms with E-state index < -0.39 is 0 Å². The van der Waals surface area contributed by atoms with E-state index in [-0.39, 0.29) is 0 Å². The molecular formula is C15H26N2. The molecule has 1 aliphatic carbocycles. The second-order valence-corrected chi connectivity index (χ2v) is 7.23. The van der Waals surface area contributed by atoms with Crippen molar-refractivity contribution in [2.24, 2.45) is 5.41 Å². The van der Waals surface area contributed by atoms with Crippen LogP contribution >= 0.6 is 0 Å². The molecule has 0 aromatic heterocycles. The normalized spacial score (nSPS) is 44.8. The third kappa shape index (κ3) is 1.84. The van der Waals surface area contributed by atoms with Gasteiger partial charge < -0.3 is 5.32 Å². The van der Waals surface area contributed by atoms with Crippen molar-refractivity contribution in [3.8, 4) is 0 Å². The number of likely N-dealkylation sites (tertiary alicyclic amines) is 1. The van der Waals surface area contributed by atoms with Crippen LogP contribution in [0.2, 0.25) is 0 Å². The van der Waals surface area contributed by atoms with E-state index in [0.717, 1.165) is 23.5 Å². The van der Waals surface area contributed by atoms with Crippen molar-refractivity contribution >= 4 is 0 Å². The first-order chi connectivity index (χ1) is 8.33. The van der Waals surface area contributed by atoms with Crippen LogP contribution in [0.4, 0.5) is 0 Å². The van der Waals surface area contributed by atoms with Gasteiger partial charge in [0, 0.05) is 31.2 Å². The van der Waals surface area contributed by atoms with Gasteiger partial charge in [-0.15, -0.1) is 0 Å². The summed E-state index contributed by atoms with van der Waals surface area (Å²) in [4.78, 5) is 2.83. The van der Waals surface area contributed by atoms with E-state index in [4.69, 9.17) is 0 Å². The van der Waals surface area contributed by atoms with E-state index in [1.54, 1.807) is 0 Å². The number of piperidine rings is 1. The van der Waals surface area contributed by atoms with Crippen LogP contribution in [0.15, 0.2) is 0 Å². The Bertz CT molecular complexity index is 275. The summed E-state index contributed by atoms with van der Waals surface area (Å²) in [5, 5.41) is 3.77. The van der Waals surface area contributed by atoms with E-state index in [1.165, 1.54) is 70.9 Å². The number of rotatable bonds is 1. The lowest BCUT2D eigenvalue weighted by Gasteiger charge is -2.56. The Hall–Kier alpha value is -0.0800. The highest BCUT2D eigenvalue weighted by Gasteiger charge is 2.47. The highest BCUT2D eigenvalue weighted by molar-refractivity contribution is 5.03. The number of hydrogen-bond donors (Lipinski definition) is 1. The molecule has 2 nitrogen and oxygen atoms in total. The topological polar surface area (TPSA) is 15.3 Å². The van der Waals surface area contributed by atoms with Crippen LogP contribution in [-0.2, 0) is 0 Å². The average molecular weight is 234 g/mol. The quantitative estimate of drug-likeness (QED) is 0.750. The van der Waals surface area contributed by atoms with Gasteiger partial charge in [0.1, 0.15) is 0 Å². The van der Waals surface area contributed by atoms with E-state index in [0.29, 0.717) is 0 Å². The average Bonchev–Trinajstić information content (AvgIpc) is 2.66. The van der Waals surface area contributed by atoms with Crippen LogP contribution in [-0.4, -0.2) is 36.1 Å². The van der Waals surface area contributed by atoms with Crippen molar-refractivity contribution in [3.63, 3.8) is 0 Å². The van der Waals surface area contributed by atoms with Crippen molar-refractivity contribution in [1.29, 1.82) is 0 Å². The van der Waals surface area contributed by atoms with Gasteiger partial charge in [0.15, 0.2) is 0 Å². The number of fused-ring (bicyclic) bond motifs is 2. The maximum atomic E-state index is 3.77. The summed E-state index contributed by atoms with van der Waals surface area (Å²) in [5.74, 6) is 0. The summed E-state index contributed by atoms with van der Waals surface area (Å²) in [7, 11) is 0. The molecule has 3 heterocycles. The van der Waals surface area contributed by atoms with Crippen molar-refractivity contribution < 1.29 is 0 Å². The van der Waals surface area contributed by atoms with Crippen LogP contribution in [0.5, 0.6) is 0 Å². The van der Waals surface area contributed by atoms with Crippen molar-refractivity contribution in [2.45, 2.75) is 75.9 Å². The molecule has 2 bridgehead atoms. The lowest BCUT2D eigenvalue weighted by Crippen LogP contribution is -2.62. The Morgan fingerprint density at radius 3 is 2.18 bits per heavy atom. The Balaban J connectivity index is 1.36. The molecule has 1 N–H and O–H groups in total. The highest BCUT2D eigenvalue weighted by atomic mass is 15.2. The van der Waals surface area contributed by atoms with Gasteiger partial charge in [0.25, 0.3) is 0 Å². The Morgan fingerprint density at radius 2 is 1.53 bits per heavy atom. The van der Waals surface area contributed by atoms with Crippen LogP contribution in [0.25, 0.3) is 0 Å². The molecule has 4 aliphatic rings. The summed E-state index contributed by atoms with van der Waals surface area (Å²) >= 11 is 0. The number of hydrogen-bond acceptors (Lipinski definition) is 2. The maximum absolute atomic E-state index is 3.77. The highest BCUT2D eigenvalue weighted by Crippen LogP contribution is 2.46. The Morgan fingerprint density at radius 1 is 0.882 bits per heavy atom. The first-order valence-electron chi connectivity index (χ1n) is 7.83. The second kappa shape index (κ2) is 3.96. The monoisotopic (exact) mass is 234 g/mol. The van der Waals surface area contributed by atoms with Gasteiger partial charge in [-0.05, 0) is 43.9 Å². The van der Waals surface area contributed by atoms with Gasteiger partial charge in [0.05, 0.1) is 0 Å². The lowest BCUT2D eigenvalue weighted by atomic mass is 9.67. The Labute approximate surface area is 105 Å². The molecule has 0 aromatic carbocycles. The molecule has 4 rings (SSSR count). The van der Waals surface area contributed by atoms with Gasteiger partial charge >= 0.3 is 0 Å². The molecule has 4 fully saturated rings. The summed E-state index contributed by atoms with van der Waals surface area (Å²) in [5.41, 5.74) is 0.780. The summed E-state index contributed by atoms with van der Waals surface area (Å²) in [6.45, 7) is 2.88. The van der Waals surface area contributed by atoms with Crippen LogP contribution in [0.1, 0.15) is 57.8 Å². The zero-order valence-corrected chi connectivity index (χ0v) is 11.0. The zero-order chi connectivity index (χ0) is 11.3. The predicted octanol–water partition coefficient (Wildman–Crippen LogP) is 2.54. The van der Waals surface area contributed by atoms with E-state index in [9.17, 15) is 0 Å². The molecule has 0 radical (unpaired) electrons. The molecular weight excluding hydrogens is 208 g/mol. The first-order valence-corrected chi connectivity index (χ1v) is 7.83. The third-order valence-electron chi connectivity index (χ3n) is 5.96. The molecule has 2 atom stereocenters. The third-order valence-corrected chi connectivity index (χ3v) is 5.96. The fraction of sp³-hybridized carbons (Fsp3) is 1.00. The molecule has 0 amide bonds. The number of nitrogens with zero attached hydrogens (tertiary/aromatic N) is 1. The first kappa shape index (κ1) is 10.8. The molecule has 2 heteroatoms. The minimum Gasteiger partial charge on any atom is -0.311 e. The lowest BCUT2D eigenvalue weighted by molar-refractivity contribution is -0.0650. The fourth-order valence-corrected chi connectivity index (χ4v) is 5.02. The SMILES string of the molecule is C1CCC2(CC1)CN(C1CC3CCC(C1)N3)C2. The van der Waals surface area contributed by atoms with E-state index >= 15 is 0 Å². The largest absolute Gasteiger partial charge is 0.311 e. The molecule has 96 valence electrons. The van der Waals surface area contributed by atoms with Crippen LogP contribution in [0, 0.1) is 5.41 Å². The molecule has 3 aliphatic heterocycles. The molecule has 0 aromatic rings. The van der Waals surface area contributed by atoms with Gasteiger partial charge in [0.2, 0.25) is 0 Å². The number of nitrogens with one attached hydrogen (secondary N) is 1. The molecule has 1 saturated carbocycles. The van der Waals surface area contributed by atoms with Crippen LogP contribution in [0.3, 0.4) is 0 Å². The molecule has 2 unspecified atom stereocenters.